The summed E-state index contributed by atoms with van der Waals surface area (Å²) in [6.45, 7) is 1.19. The molecule has 3 atom stereocenters. The van der Waals surface area contributed by atoms with Gasteiger partial charge in [-0.1, -0.05) is 6.07 Å². The minimum absolute atomic E-state index is 0.0713. The van der Waals surface area contributed by atoms with Gasteiger partial charge in [0.25, 0.3) is 0 Å². The fraction of sp³-hybridized carbons (Fsp3) is 0.579. The van der Waals surface area contributed by atoms with E-state index in [2.05, 4.69) is 5.32 Å². The summed E-state index contributed by atoms with van der Waals surface area (Å²) in [5.41, 5.74) is 0.0713. The molecule has 3 aliphatic rings. The van der Waals surface area contributed by atoms with Crippen molar-refractivity contribution in [2.24, 2.45) is 11.8 Å². The van der Waals surface area contributed by atoms with E-state index < -0.39 is 11.6 Å². The van der Waals surface area contributed by atoms with E-state index in [9.17, 15) is 18.4 Å². The number of benzene rings is 1. The van der Waals surface area contributed by atoms with Gasteiger partial charge in [0.2, 0.25) is 11.8 Å². The molecule has 1 aromatic rings. The molecule has 1 saturated heterocycles. The van der Waals surface area contributed by atoms with Gasteiger partial charge in [0.15, 0.2) is 0 Å². The number of carbonyl (C=O) groups is 2. The van der Waals surface area contributed by atoms with E-state index in [0.29, 0.717) is 13.0 Å². The van der Waals surface area contributed by atoms with Crippen LogP contribution in [0.1, 0.15) is 43.6 Å². The lowest BCUT2D eigenvalue weighted by molar-refractivity contribution is -0.136. The van der Waals surface area contributed by atoms with Crippen molar-refractivity contribution in [3.05, 3.63) is 35.4 Å². The van der Waals surface area contributed by atoms with Gasteiger partial charge in [-0.05, 0) is 44.2 Å². The number of rotatable bonds is 4. The van der Waals surface area contributed by atoms with Gasteiger partial charge in [-0.15, -0.1) is 0 Å². The van der Waals surface area contributed by atoms with Crippen molar-refractivity contribution in [1.29, 1.82) is 0 Å². The molecule has 1 aliphatic heterocycles. The average Bonchev–Trinajstić information content (AvgIpc) is 3.50. The minimum Gasteiger partial charge on any atom is -0.352 e. The number of hydrogen-bond acceptors (Lipinski definition) is 2. The largest absolute Gasteiger partial charge is 0.352 e. The maximum Gasteiger partial charge on any atom is 0.225 e. The topological polar surface area (TPSA) is 49.4 Å². The summed E-state index contributed by atoms with van der Waals surface area (Å²) in [6.07, 6.45) is 4.06. The second-order valence-corrected chi connectivity index (χ2v) is 7.49. The molecule has 25 heavy (non-hydrogen) atoms. The molecule has 2 amide bonds. The highest BCUT2D eigenvalue weighted by Crippen LogP contribution is 2.43. The molecule has 0 bridgehead atoms. The normalized spacial score (nSPS) is 28.6. The fourth-order valence-corrected chi connectivity index (χ4v) is 3.82. The summed E-state index contributed by atoms with van der Waals surface area (Å²) in [6, 6.07) is 3.63. The first-order chi connectivity index (χ1) is 12.0. The number of likely N-dealkylation sites (tertiary alicyclic amines) is 1. The molecule has 4 nitrogen and oxygen atoms in total. The van der Waals surface area contributed by atoms with Gasteiger partial charge in [-0.2, -0.15) is 0 Å². The summed E-state index contributed by atoms with van der Waals surface area (Å²) in [4.78, 5) is 26.5. The summed E-state index contributed by atoms with van der Waals surface area (Å²) in [5, 5.41) is 2.92. The van der Waals surface area contributed by atoms with E-state index >= 15 is 0 Å². The highest BCUT2D eigenvalue weighted by Gasteiger charge is 2.44. The van der Waals surface area contributed by atoms with Crippen LogP contribution in [0, 0.1) is 23.5 Å². The van der Waals surface area contributed by atoms with Gasteiger partial charge in [0.1, 0.15) is 11.6 Å². The summed E-state index contributed by atoms with van der Waals surface area (Å²) in [5.74, 6) is -1.38. The van der Waals surface area contributed by atoms with Crippen LogP contribution in [-0.2, 0) is 9.59 Å². The molecule has 1 heterocycles. The summed E-state index contributed by atoms with van der Waals surface area (Å²) in [7, 11) is 0. The van der Waals surface area contributed by atoms with Crippen molar-refractivity contribution in [3.63, 3.8) is 0 Å². The fourth-order valence-electron chi connectivity index (χ4n) is 3.82. The van der Waals surface area contributed by atoms with Crippen molar-refractivity contribution in [3.8, 4) is 0 Å². The maximum atomic E-state index is 13.8. The first kappa shape index (κ1) is 16.5. The Bertz CT molecular complexity index is 684. The average molecular weight is 348 g/mol. The standard InChI is InChI=1S/C19H22F2N2O2/c20-14-4-1-5-15(21)17(14)13-9-16(13)22-18(24)12-3-2-8-23(10-12)19(25)11-6-7-11/h1,4-5,11-13,16H,2-3,6-10H2,(H,22,24)/t12-,13+,16-/m1/s1. The van der Waals surface area contributed by atoms with Gasteiger partial charge in [0, 0.05) is 36.5 Å². The molecule has 0 radical (unpaired) electrons. The van der Waals surface area contributed by atoms with Crippen LogP contribution in [0.5, 0.6) is 0 Å². The van der Waals surface area contributed by atoms with Crippen molar-refractivity contribution < 1.29 is 18.4 Å². The van der Waals surface area contributed by atoms with E-state index in [-0.39, 0.29) is 41.2 Å². The highest BCUT2D eigenvalue weighted by molar-refractivity contribution is 5.83. The van der Waals surface area contributed by atoms with Crippen molar-refractivity contribution in [2.45, 2.75) is 44.1 Å². The lowest BCUT2D eigenvalue weighted by Crippen LogP contribution is -2.46. The van der Waals surface area contributed by atoms with Crippen LogP contribution in [0.3, 0.4) is 0 Å². The molecule has 134 valence electrons. The van der Waals surface area contributed by atoms with Crippen LogP contribution in [0.4, 0.5) is 8.78 Å². The zero-order chi connectivity index (χ0) is 17.6. The predicted octanol–water partition coefficient (Wildman–Crippen LogP) is 2.59. The Kier molecular flexibility index (Phi) is 4.21. The van der Waals surface area contributed by atoms with E-state index in [1.165, 1.54) is 18.2 Å². The second-order valence-electron chi connectivity index (χ2n) is 7.49. The quantitative estimate of drug-likeness (QED) is 0.909. The van der Waals surface area contributed by atoms with Crippen LogP contribution in [-0.4, -0.2) is 35.8 Å². The molecule has 3 fully saturated rings. The lowest BCUT2D eigenvalue weighted by Gasteiger charge is -2.32. The number of amides is 2. The molecule has 1 aromatic carbocycles. The molecule has 0 spiro atoms. The zero-order valence-electron chi connectivity index (χ0n) is 14.0. The number of hydrogen-bond donors (Lipinski definition) is 1. The van der Waals surface area contributed by atoms with E-state index in [1.807, 2.05) is 4.90 Å². The third kappa shape index (κ3) is 3.39. The van der Waals surface area contributed by atoms with Crippen molar-refractivity contribution in [1.82, 2.24) is 10.2 Å². The van der Waals surface area contributed by atoms with Gasteiger partial charge in [-0.3, -0.25) is 9.59 Å². The lowest BCUT2D eigenvalue weighted by atomic mass is 9.96. The smallest absolute Gasteiger partial charge is 0.225 e. The SMILES string of the molecule is O=C(N[C@@H]1C[C@@H]1c1c(F)cccc1F)[C@@H]1CCCN(C(=O)C2CC2)C1. The molecule has 2 saturated carbocycles. The van der Waals surface area contributed by atoms with Gasteiger partial charge in [-0.25, -0.2) is 8.78 Å². The third-order valence-electron chi connectivity index (χ3n) is 5.52. The van der Waals surface area contributed by atoms with E-state index in [1.54, 1.807) is 0 Å². The first-order valence-electron chi connectivity index (χ1n) is 9.07. The molecule has 0 aromatic heterocycles. The Morgan fingerprint density at radius 3 is 2.48 bits per heavy atom. The Morgan fingerprint density at radius 2 is 1.80 bits per heavy atom. The summed E-state index contributed by atoms with van der Waals surface area (Å²) >= 11 is 0. The van der Waals surface area contributed by atoms with Crippen LogP contribution in [0.2, 0.25) is 0 Å². The Morgan fingerprint density at radius 1 is 1.08 bits per heavy atom. The molecule has 1 N–H and O–H groups in total. The first-order valence-corrected chi connectivity index (χ1v) is 9.07. The molecular weight excluding hydrogens is 326 g/mol. The van der Waals surface area contributed by atoms with Crippen LogP contribution in [0.15, 0.2) is 18.2 Å². The van der Waals surface area contributed by atoms with Gasteiger partial charge >= 0.3 is 0 Å². The van der Waals surface area contributed by atoms with Gasteiger partial charge < -0.3 is 10.2 Å². The number of halogens is 2. The zero-order valence-corrected chi connectivity index (χ0v) is 14.0. The molecule has 0 unspecified atom stereocenters. The van der Waals surface area contributed by atoms with Crippen LogP contribution in [0.25, 0.3) is 0 Å². The number of nitrogens with zero attached hydrogens (tertiary/aromatic N) is 1. The number of piperidine rings is 1. The van der Waals surface area contributed by atoms with Gasteiger partial charge in [0.05, 0.1) is 5.92 Å². The van der Waals surface area contributed by atoms with E-state index in [0.717, 1.165) is 32.2 Å². The molecule has 6 heteroatoms. The van der Waals surface area contributed by atoms with Crippen LogP contribution >= 0.6 is 0 Å². The maximum absolute atomic E-state index is 13.8. The predicted molar refractivity (Wildman–Crippen MR) is 87.7 cm³/mol. The Hall–Kier alpha value is -1.98. The Labute approximate surface area is 145 Å². The Balaban J connectivity index is 1.34. The minimum atomic E-state index is -0.555. The molecule has 4 rings (SSSR count). The summed E-state index contributed by atoms with van der Waals surface area (Å²) < 4.78 is 27.7. The monoisotopic (exact) mass is 348 g/mol. The number of carbonyl (C=O) groups excluding carboxylic acids is 2. The second kappa shape index (κ2) is 6.39. The third-order valence-corrected chi connectivity index (χ3v) is 5.52. The number of nitrogens with one attached hydrogen (secondary N) is 1. The molecule has 2 aliphatic carbocycles. The highest BCUT2D eigenvalue weighted by atomic mass is 19.1. The van der Waals surface area contributed by atoms with E-state index in [4.69, 9.17) is 0 Å². The van der Waals surface area contributed by atoms with Crippen molar-refractivity contribution >= 4 is 11.8 Å². The van der Waals surface area contributed by atoms with Crippen LogP contribution < -0.4 is 5.32 Å². The van der Waals surface area contributed by atoms with Crippen molar-refractivity contribution in [2.75, 3.05) is 13.1 Å². The molecular formula is C19H22F2N2O2.